The average Bonchev–Trinajstić information content (AvgIpc) is 3.26. The highest BCUT2D eigenvalue weighted by Gasteiger charge is 2.27. The molecule has 9 nitrogen and oxygen atoms in total. The van der Waals surface area contributed by atoms with Gasteiger partial charge >= 0.3 is 5.97 Å². The zero-order chi connectivity index (χ0) is 48.0. The number of phosphoric acid groups is 1. The summed E-state index contributed by atoms with van der Waals surface area (Å²) in [6.45, 7) is 6.78. The molecular weight excluding hydrogens is 832 g/mol. The van der Waals surface area contributed by atoms with Crippen LogP contribution in [0.25, 0.3) is 0 Å². The van der Waals surface area contributed by atoms with Crippen molar-refractivity contribution in [1.29, 1.82) is 0 Å². The number of amides is 1. The van der Waals surface area contributed by atoms with E-state index in [1.165, 1.54) is 122 Å². The number of nitrogens with one attached hydrogen (secondary N) is 1. The number of likely N-dealkylation sites (N-methyl/N-ethyl adjacent to an activating group) is 1. The van der Waals surface area contributed by atoms with Crippen molar-refractivity contribution in [2.45, 2.75) is 264 Å². The van der Waals surface area contributed by atoms with Gasteiger partial charge in [0.2, 0.25) is 5.91 Å². The van der Waals surface area contributed by atoms with Crippen molar-refractivity contribution in [3.63, 3.8) is 0 Å². The van der Waals surface area contributed by atoms with E-state index in [0.717, 1.165) is 96.3 Å². The Bertz CT molecular complexity index is 1220. The maximum absolute atomic E-state index is 13.4. The molecule has 0 aliphatic heterocycles. The number of allylic oxidation sites excluding steroid dienone is 5. The van der Waals surface area contributed by atoms with E-state index in [1.54, 1.807) is 0 Å². The molecule has 0 aliphatic carbocycles. The molecule has 0 saturated heterocycles. The molecule has 0 aliphatic rings. The third kappa shape index (κ3) is 47.1. The van der Waals surface area contributed by atoms with Crippen LogP contribution in [0.5, 0.6) is 0 Å². The number of phosphoric ester groups is 1. The van der Waals surface area contributed by atoms with Crippen LogP contribution in [-0.4, -0.2) is 69.4 Å². The van der Waals surface area contributed by atoms with Crippen LogP contribution in [0.15, 0.2) is 36.5 Å². The summed E-state index contributed by atoms with van der Waals surface area (Å²) in [5.74, 6) is -0.554. The Morgan fingerprint density at radius 1 is 0.523 bits per heavy atom. The van der Waals surface area contributed by atoms with Gasteiger partial charge in [-0.2, -0.15) is 0 Å². The number of quaternary nitrogens is 1. The number of hydrogen-bond donors (Lipinski definition) is 1. The third-order valence-corrected chi connectivity index (χ3v) is 13.0. The van der Waals surface area contributed by atoms with Gasteiger partial charge in [0.25, 0.3) is 7.82 Å². The molecule has 0 aromatic heterocycles. The maximum atomic E-state index is 13.4. The number of rotatable bonds is 49. The van der Waals surface area contributed by atoms with Gasteiger partial charge in [-0.1, -0.05) is 199 Å². The zero-order valence-electron chi connectivity index (χ0n) is 43.4. The average molecular weight is 937 g/mol. The Kier molecular flexibility index (Phi) is 44.7. The third-order valence-electron chi connectivity index (χ3n) is 12.0. The van der Waals surface area contributed by atoms with E-state index >= 15 is 0 Å². The molecule has 0 aromatic rings. The number of ether oxygens (including phenoxy) is 1. The molecule has 0 aromatic carbocycles. The molecule has 0 saturated carbocycles. The molecule has 10 heteroatoms. The van der Waals surface area contributed by atoms with Crippen LogP contribution < -0.4 is 10.2 Å². The molecule has 1 amide bonds. The van der Waals surface area contributed by atoms with Gasteiger partial charge in [0.1, 0.15) is 19.3 Å². The molecule has 0 rings (SSSR count). The van der Waals surface area contributed by atoms with Crippen molar-refractivity contribution in [2.75, 3.05) is 40.9 Å². The van der Waals surface area contributed by atoms with Gasteiger partial charge in [-0.3, -0.25) is 14.2 Å². The first kappa shape index (κ1) is 63.2. The second kappa shape index (κ2) is 46.0. The van der Waals surface area contributed by atoms with Crippen molar-refractivity contribution in [2.24, 2.45) is 0 Å². The van der Waals surface area contributed by atoms with Crippen LogP contribution in [0.3, 0.4) is 0 Å². The van der Waals surface area contributed by atoms with Crippen LogP contribution in [0.4, 0.5) is 0 Å². The number of esters is 1. The smallest absolute Gasteiger partial charge is 0.306 e. The summed E-state index contributed by atoms with van der Waals surface area (Å²) >= 11 is 0. The first-order valence-electron chi connectivity index (χ1n) is 27.3. The highest BCUT2D eigenvalue weighted by molar-refractivity contribution is 7.45. The predicted molar refractivity (Wildman–Crippen MR) is 275 cm³/mol. The van der Waals surface area contributed by atoms with E-state index in [4.69, 9.17) is 13.8 Å². The summed E-state index contributed by atoms with van der Waals surface area (Å²) in [7, 11) is 1.18. The van der Waals surface area contributed by atoms with Gasteiger partial charge in [-0.15, -0.1) is 0 Å². The van der Waals surface area contributed by atoms with Gasteiger partial charge in [-0.05, 0) is 76.7 Å². The molecule has 0 spiro atoms. The Labute approximate surface area is 402 Å². The fraction of sp³-hybridized carbons (Fsp3) is 0.855. The Morgan fingerprint density at radius 3 is 1.37 bits per heavy atom. The van der Waals surface area contributed by atoms with Crippen molar-refractivity contribution in [1.82, 2.24) is 5.32 Å². The van der Waals surface area contributed by atoms with Gasteiger partial charge in [0, 0.05) is 12.8 Å². The molecule has 0 radical (unpaired) electrons. The number of carbonyl (C=O) groups excluding carboxylic acids is 2. The fourth-order valence-electron chi connectivity index (χ4n) is 7.73. The lowest BCUT2D eigenvalue weighted by molar-refractivity contribution is -0.870. The first-order chi connectivity index (χ1) is 31.4. The SMILES string of the molecule is CCCC/C=C\CCCCCCCC(=O)OC(/C=C/CCCCCCCCCCCCC)C(COP(=O)([O-])OCC[N+](C)(C)C)NC(=O)CCCCCCCCC/C=C\CCCCCC. The highest BCUT2D eigenvalue weighted by Crippen LogP contribution is 2.38. The minimum absolute atomic E-state index is 0.0233. The summed E-state index contributed by atoms with van der Waals surface area (Å²) in [6.07, 6.45) is 52.4. The summed E-state index contributed by atoms with van der Waals surface area (Å²) in [6, 6.07) is -0.889. The van der Waals surface area contributed by atoms with E-state index in [1.807, 2.05) is 33.3 Å². The van der Waals surface area contributed by atoms with Crippen molar-refractivity contribution >= 4 is 19.7 Å². The Hall–Kier alpha value is -1.77. The molecule has 65 heavy (non-hydrogen) atoms. The Balaban J connectivity index is 5.41. The summed E-state index contributed by atoms with van der Waals surface area (Å²) < 4.78 is 30.1. The van der Waals surface area contributed by atoms with Crippen LogP contribution in [0.2, 0.25) is 0 Å². The summed E-state index contributed by atoms with van der Waals surface area (Å²) in [4.78, 5) is 39.7. The zero-order valence-corrected chi connectivity index (χ0v) is 44.3. The van der Waals surface area contributed by atoms with E-state index < -0.39 is 26.6 Å². The topological polar surface area (TPSA) is 114 Å². The molecule has 0 fully saturated rings. The first-order valence-corrected chi connectivity index (χ1v) is 28.8. The van der Waals surface area contributed by atoms with Gasteiger partial charge in [0.15, 0.2) is 0 Å². The lowest BCUT2D eigenvalue weighted by atomic mass is 10.0. The molecule has 0 bridgehead atoms. The lowest BCUT2D eigenvalue weighted by Crippen LogP contribution is -2.47. The Morgan fingerprint density at radius 2 is 0.908 bits per heavy atom. The van der Waals surface area contributed by atoms with Gasteiger partial charge < -0.3 is 28.5 Å². The molecule has 382 valence electrons. The van der Waals surface area contributed by atoms with Crippen LogP contribution >= 0.6 is 7.82 Å². The van der Waals surface area contributed by atoms with E-state index in [-0.39, 0.29) is 24.9 Å². The highest BCUT2D eigenvalue weighted by atomic mass is 31.2. The van der Waals surface area contributed by atoms with E-state index in [9.17, 15) is 19.0 Å². The summed E-state index contributed by atoms with van der Waals surface area (Å²) in [5, 5.41) is 3.01. The van der Waals surface area contributed by atoms with Gasteiger partial charge in [-0.25, -0.2) is 0 Å². The van der Waals surface area contributed by atoms with Crippen molar-refractivity contribution in [3.8, 4) is 0 Å². The normalized spacial score (nSPS) is 14.1. The molecule has 1 N–H and O–H groups in total. The monoisotopic (exact) mass is 937 g/mol. The second-order valence-electron chi connectivity index (χ2n) is 19.7. The second-order valence-corrected chi connectivity index (χ2v) is 21.1. The van der Waals surface area contributed by atoms with Crippen molar-refractivity contribution in [3.05, 3.63) is 36.5 Å². The minimum Gasteiger partial charge on any atom is -0.756 e. The molecule has 0 heterocycles. The predicted octanol–water partition coefficient (Wildman–Crippen LogP) is 15.4. The molecule has 3 atom stereocenters. The fourth-order valence-corrected chi connectivity index (χ4v) is 8.45. The largest absolute Gasteiger partial charge is 0.756 e. The van der Waals surface area contributed by atoms with Crippen LogP contribution in [0.1, 0.15) is 252 Å². The number of hydrogen-bond acceptors (Lipinski definition) is 7. The molecular formula is C55H105N2O7P. The summed E-state index contributed by atoms with van der Waals surface area (Å²) in [5.41, 5.74) is 0. The standard InChI is InChI=1S/C55H105N2O7P/c1-7-10-13-16-19-22-25-27-28-30-33-35-38-41-44-47-54(58)56-52(51-63-65(60,61)62-50-49-57(4,5)6)53(46-43-40-37-34-32-29-26-23-20-17-14-11-8-2)64-55(59)48-45-42-39-36-31-24-21-18-15-12-9-3/h18,21-22,25,43,46,52-53H,7-17,19-20,23-24,26-42,44-45,47-51H2,1-6H3,(H-,56,58,60,61)/b21-18-,25-22-,46-43+. The lowest BCUT2D eigenvalue weighted by Gasteiger charge is -2.30. The molecule has 3 unspecified atom stereocenters. The minimum atomic E-state index is -4.69. The maximum Gasteiger partial charge on any atom is 0.306 e. The van der Waals surface area contributed by atoms with Crippen LogP contribution in [-0.2, 0) is 27.9 Å². The van der Waals surface area contributed by atoms with Gasteiger partial charge in [0.05, 0.1) is 33.8 Å². The van der Waals surface area contributed by atoms with Crippen LogP contribution in [0, 0.1) is 0 Å². The van der Waals surface area contributed by atoms with E-state index in [0.29, 0.717) is 17.4 Å². The van der Waals surface area contributed by atoms with Crippen molar-refractivity contribution < 1.29 is 37.3 Å². The van der Waals surface area contributed by atoms with E-state index in [2.05, 4.69) is 50.4 Å². The number of carbonyl (C=O) groups is 2. The number of unbranched alkanes of at least 4 members (excludes halogenated alkanes) is 29. The quantitative estimate of drug-likeness (QED) is 0.0212. The number of nitrogens with zero attached hydrogens (tertiary/aromatic N) is 1.